The van der Waals surface area contributed by atoms with Crippen molar-refractivity contribution in [3.05, 3.63) is 23.8 Å². The molecule has 0 radical (unpaired) electrons. The van der Waals surface area contributed by atoms with Crippen LogP contribution in [0.15, 0.2) is 18.2 Å². The number of hydrogen-bond donors (Lipinski definition) is 3. The second-order valence-corrected chi connectivity index (χ2v) is 4.49. The number of aromatic hydroxyl groups is 2. The average molecular weight is 237 g/mol. The number of carbonyl (C=O) groups excluding carboxylic acids is 1. The van der Waals surface area contributed by atoms with Crippen molar-refractivity contribution in [1.82, 2.24) is 5.32 Å². The van der Waals surface area contributed by atoms with Crippen molar-refractivity contribution in [3.63, 3.8) is 0 Å². The predicted octanol–water partition coefficient (Wildman–Crippen LogP) is 1.92. The first-order chi connectivity index (χ1) is 8.00. The number of Topliss-reactive ketones (excluding diaryl/α,β-unsaturated/α-hetero) is 1. The minimum absolute atomic E-state index is 0.0935. The third-order valence-corrected chi connectivity index (χ3v) is 2.48. The van der Waals surface area contributed by atoms with Crippen molar-refractivity contribution in [2.75, 3.05) is 13.1 Å². The molecule has 1 rings (SSSR count). The van der Waals surface area contributed by atoms with Gasteiger partial charge in [0.2, 0.25) is 0 Å². The Bertz CT molecular complexity index is 388. The van der Waals surface area contributed by atoms with Crippen LogP contribution in [0.25, 0.3) is 0 Å². The van der Waals surface area contributed by atoms with Crippen LogP contribution in [0.2, 0.25) is 0 Å². The van der Waals surface area contributed by atoms with E-state index < -0.39 is 0 Å². The Morgan fingerprint density at radius 2 is 2.00 bits per heavy atom. The maximum Gasteiger partial charge on any atom is 0.176 e. The van der Waals surface area contributed by atoms with E-state index in [-0.39, 0.29) is 23.8 Å². The number of hydrogen-bond acceptors (Lipinski definition) is 4. The van der Waals surface area contributed by atoms with Gasteiger partial charge in [-0.25, -0.2) is 0 Å². The van der Waals surface area contributed by atoms with Gasteiger partial charge in [-0.3, -0.25) is 4.79 Å². The van der Waals surface area contributed by atoms with E-state index in [0.29, 0.717) is 11.5 Å². The van der Waals surface area contributed by atoms with E-state index in [4.69, 9.17) is 5.11 Å². The zero-order valence-electron chi connectivity index (χ0n) is 10.2. The van der Waals surface area contributed by atoms with E-state index in [1.54, 1.807) is 0 Å². The fraction of sp³-hybridized carbons (Fsp3) is 0.462. The summed E-state index contributed by atoms with van der Waals surface area (Å²) in [5.74, 6) is 0.0340. The fourth-order valence-electron chi connectivity index (χ4n) is 1.39. The number of rotatable bonds is 6. The van der Waals surface area contributed by atoms with E-state index in [0.717, 1.165) is 13.0 Å². The molecular formula is C13H19NO3. The second kappa shape index (κ2) is 6.25. The fourth-order valence-corrected chi connectivity index (χ4v) is 1.39. The topological polar surface area (TPSA) is 69.6 Å². The van der Waals surface area contributed by atoms with E-state index in [9.17, 15) is 9.90 Å². The first-order valence-corrected chi connectivity index (χ1v) is 5.76. The zero-order chi connectivity index (χ0) is 12.8. The van der Waals surface area contributed by atoms with E-state index in [1.807, 2.05) is 0 Å². The first-order valence-electron chi connectivity index (χ1n) is 5.76. The highest BCUT2D eigenvalue weighted by molar-refractivity contribution is 5.98. The lowest BCUT2D eigenvalue weighted by Gasteiger charge is -2.07. The molecule has 0 fully saturated rings. The molecule has 0 atom stereocenters. The van der Waals surface area contributed by atoms with Gasteiger partial charge in [0.15, 0.2) is 17.3 Å². The predicted molar refractivity (Wildman–Crippen MR) is 66.4 cm³/mol. The van der Waals surface area contributed by atoms with Gasteiger partial charge >= 0.3 is 0 Å². The third kappa shape index (κ3) is 4.44. The summed E-state index contributed by atoms with van der Waals surface area (Å²) < 4.78 is 0. The van der Waals surface area contributed by atoms with Crippen molar-refractivity contribution >= 4 is 5.78 Å². The van der Waals surface area contributed by atoms with Crippen LogP contribution in [-0.2, 0) is 0 Å². The molecule has 0 aliphatic carbocycles. The molecule has 4 nitrogen and oxygen atoms in total. The van der Waals surface area contributed by atoms with Crippen LogP contribution in [0.5, 0.6) is 11.5 Å². The molecule has 0 saturated carbocycles. The molecule has 94 valence electrons. The molecule has 0 aromatic heterocycles. The van der Waals surface area contributed by atoms with Crippen LogP contribution in [0.1, 0.15) is 30.6 Å². The third-order valence-electron chi connectivity index (χ3n) is 2.48. The quantitative estimate of drug-likeness (QED) is 0.401. The SMILES string of the molecule is CC(C)CCNCC(=O)c1ccc(O)c(O)c1. The summed E-state index contributed by atoms with van der Waals surface area (Å²) in [6, 6.07) is 4.10. The van der Waals surface area contributed by atoms with Gasteiger partial charge in [0.25, 0.3) is 0 Å². The average Bonchev–Trinajstić information content (AvgIpc) is 2.27. The number of carbonyl (C=O) groups is 1. The molecule has 0 aliphatic heterocycles. The summed E-state index contributed by atoms with van der Waals surface area (Å²) in [5.41, 5.74) is 0.400. The van der Waals surface area contributed by atoms with Crippen molar-refractivity contribution in [2.45, 2.75) is 20.3 Å². The molecule has 17 heavy (non-hydrogen) atoms. The van der Waals surface area contributed by atoms with Crippen LogP contribution in [0.4, 0.5) is 0 Å². The Morgan fingerprint density at radius 1 is 1.29 bits per heavy atom. The number of nitrogens with one attached hydrogen (secondary N) is 1. The number of ketones is 1. The Labute approximate surface area is 101 Å². The first kappa shape index (κ1) is 13.5. The summed E-state index contributed by atoms with van der Waals surface area (Å²) >= 11 is 0. The monoisotopic (exact) mass is 237 g/mol. The van der Waals surface area contributed by atoms with Gasteiger partial charge in [0.05, 0.1) is 6.54 Å². The van der Waals surface area contributed by atoms with Crippen molar-refractivity contribution in [1.29, 1.82) is 0 Å². The molecule has 0 heterocycles. The molecule has 0 saturated heterocycles. The van der Waals surface area contributed by atoms with Gasteiger partial charge in [-0.1, -0.05) is 13.8 Å². The normalized spacial score (nSPS) is 10.8. The minimum Gasteiger partial charge on any atom is -0.504 e. The number of phenols is 2. The lowest BCUT2D eigenvalue weighted by molar-refractivity contribution is 0.0990. The molecule has 1 aromatic rings. The lowest BCUT2D eigenvalue weighted by Crippen LogP contribution is -2.24. The highest BCUT2D eigenvalue weighted by Gasteiger charge is 2.08. The van der Waals surface area contributed by atoms with Crippen LogP contribution in [-0.4, -0.2) is 29.1 Å². The van der Waals surface area contributed by atoms with Gasteiger partial charge in [-0.05, 0) is 37.1 Å². The maximum absolute atomic E-state index is 11.7. The summed E-state index contributed by atoms with van der Waals surface area (Å²) in [7, 11) is 0. The molecular weight excluding hydrogens is 218 g/mol. The van der Waals surface area contributed by atoms with Gasteiger partial charge < -0.3 is 15.5 Å². The van der Waals surface area contributed by atoms with Gasteiger partial charge in [0.1, 0.15) is 0 Å². The Kier molecular flexibility index (Phi) is 4.97. The maximum atomic E-state index is 11.7. The Balaban J connectivity index is 2.44. The lowest BCUT2D eigenvalue weighted by atomic mass is 10.1. The van der Waals surface area contributed by atoms with Crippen molar-refractivity contribution in [2.24, 2.45) is 5.92 Å². The van der Waals surface area contributed by atoms with Crippen molar-refractivity contribution in [3.8, 4) is 11.5 Å². The second-order valence-electron chi connectivity index (χ2n) is 4.49. The molecule has 1 aromatic carbocycles. The van der Waals surface area contributed by atoms with Crippen LogP contribution >= 0.6 is 0 Å². The summed E-state index contributed by atoms with van der Waals surface area (Å²) in [6.45, 7) is 5.30. The standard InChI is InChI=1S/C13H19NO3/c1-9(2)5-6-14-8-13(17)10-3-4-11(15)12(16)7-10/h3-4,7,9,14-16H,5-6,8H2,1-2H3. The zero-order valence-corrected chi connectivity index (χ0v) is 10.2. The molecule has 0 aliphatic rings. The van der Waals surface area contributed by atoms with Crippen molar-refractivity contribution < 1.29 is 15.0 Å². The highest BCUT2D eigenvalue weighted by atomic mass is 16.3. The van der Waals surface area contributed by atoms with Gasteiger partial charge in [0, 0.05) is 5.56 Å². The molecule has 0 bridgehead atoms. The van der Waals surface area contributed by atoms with Crippen LogP contribution < -0.4 is 5.32 Å². The number of benzene rings is 1. The van der Waals surface area contributed by atoms with Crippen LogP contribution in [0.3, 0.4) is 0 Å². The summed E-state index contributed by atoms with van der Waals surface area (Å²) in [4.78, 5) is 11.7. The molecule has 3 N–H and O–H groups in total. The molecule has 4 heteroatoms. The Hall–Kier alpha value is -1.55. The van der Waals surface area contributed by atoms with Gasteiger partial charge in [-0.15, -0.1) is 0 Å². The highest BCUT2D eigenvalue weighted by Crippen LogP contribution is 2.24. The van der Waals surface area contributed by atoms with E-state index in [1.165, 1.54) is 18.2 Å². The summed E-state index contributed by atoms with van der Waals surface area (Å²) in [6.07, 6.45) is 1.02. The van der Waals surface area contributed by atoms with E-state index in [2.05, 4.69) is 19.2 Å². The molecule has 0 spiro atoms. The van der Waals surface area contributed by atoms with Crippen LogP contribution in [0, 0.1) is 5.92 Å². The minimum atomic E-state index is -0.266. The smallest absolute Gasteiger partial charge is 0.176 e. The summed E-state index contributed by atoms with van der Waals surface area (Å²) in [5, 5.41) is 21.4. The van der Waals surface area contributed by atoms with Gasteiger partial charge in [-0.2, -0.15) is 0 Å². The molecule has 0 unspecified atom stereocenters. The molecule has 0 amide bonds. The number of phenolic OH excluding ortho intramolecular Hbond substituents is 2. The Morgan fingerprint density at radius 3 is 2.59 bits per heavy atom. The van der Waals surface area contributed by atoms with E-state index >= 15 is 0 Å². The largest absolute Gasteiger partial charge is 0.504 e.